The van der Waals surface area contributed by atoms with Gasteiger partial charge in [0, 0.05) is 24.9 Å². The number of carboxylic acid groups (broad SMARTS) is 1. The average Bonchev–Trinajstić information content (AvgIpc) is 2.02. The standard InChI is InChI=1S/C9H17NO3S/c1-9(13,7-14-2)6-10-5-3-4-8(11)12/h3-4,10,13H,5-7H2,1-2H3,(H,11,12)/b4-3+. The Labute approximate surface area is 88.4 Å². The van der Waals surface area contributed by atoms with E-state index in [2.05, 4.69) is 5.32 Å². The van der Waals surface area contributed by atoms with Gasteiger partial charge in [0.25, 0.3) is 0 Å². The second-order valence-electron chi connectivity index (χ2n) is 3.30. The molecule has 4 nitrogen and oxygen atoms in total. The van der Waals surface area contributed by atoms with Crippen LogP contribution in [0.2, 0.25) is 0 Å². The fraction of sp³-hybridized carbons (Fsp3) is 0.667. The fourth-order valence-electron chi connectivity index (χ4n) is 0.947. The summed E-state index contributed by atoms with van der Waals surface area (Å²) in [7, 11) is 0. The molecule has 0 amide bonds. The second-order valence-corrected chi connectivity index (χ2v) is 4.17. The van der Waals surface area contributed by atoms with Gasteiger partial charge in [0.05, 0.1) is 5.60 Å². The third kappa shape index (κ3) is 8.10. The number of aliphatic hydroxyl groups is 1. The lowest BCUT2D eigenvalue weighted by molar-refractivity contribution is -0.131. The van der Waals surface area contributed by atoms with Crippen molar-refractivity contribution in [3.05, 3.63) is 12.2 Å². The summed E-state index contributed by atoms with van der Waals surface area (Å²) in [4.78, 5) is 10.1. The van der Waals surface area contributed by atoms with Gasteiger partial charge < -0.3 is 15.5 Å². The Morgan fingerprint density at radius 3 is 2.79 bits per heavy atom. The maximum absolute atomic E-state index is 10.1. The van der Waals surface area contributed by atoms with E-state index in [1.807, 2.05) is 6.26 Å². The van der Waals surface area contributed by atoms with Crippen LogP contribution in [0.25, 0.3) is 0 Å². The van der Waals surface area contributed by atoms with Crippen molar-refractivity contribution < 1.29 is 15.0 Å². The molecule has 0 aromatic heterocycles. The molecule has 0 heterocycles. The lowest BCUT2D eigenvalue weighted by atomic mass is 10.1. The van der Waals surface area contributed by atoms with Gasteiger partial charge in [0.1, 0.15) is 0 Å². The van der Waals surface area contributed by atoms with Gasteiger partial charge in [0.15, 0.2) is 0 Å². The summed E-state index contributed by atoms with van der Waals surface area (Å²) in [6.07, 6.45) is 4.52. The van der Waals surface area contributed by atoms with Gasteiger partial charge in [-0.1, -0.05) is 6.08 Å². The Morgan fingerprint density at radius 2 is 2.29 bits per heavy atom. The molecule has 0 bridgehead atoms. The van der Waals surface area contributed by atoms with E-state index >= 15 is 0 Å². The van der Waals surface area contributed by atoms with Crippen LogP contribution in [0.5, 0.6) is 0 Å². The molecule has 1 atom stereocenters. The van der Waals surface area contributed by atoms with Crippen LogP contribution >= 0.6 is 11.8 Å². The third-order valence-electron chi connectivity index (χ3n) is 1.48. The van der Waals surface area contributed by atoms with Crippen LogP contribution in [-0.4, -0.2) is 46.9 Å². The lowest BCUT2D eigenvalue weighted by Crippen LogP contribution is -2.40. The minimum absolute atomic E-state index is 0.455. The number of aliphatic carboxylic acids is 1. The summed E-state index contributed by atoms with van der Waals surface area (Å²) in [6.45, 7) is 2.66. The van der Waals surface area contributed by atoms with E-state index in [9.17, 15) is 9.90 Å². The highest BCUT2D eigenvalue weighted by Crippen LogP contribution is 2.08. The number of rotatable bonds is 7. The molecule has 0 radical (unpaired) electrons. The van der Waals surface area contributed by atoms with Crippen LogP contribution in [0.15, 0.2) is 12.2 Å². The molecule has 0 saturated carbocycles. The zero-order valence-electron chi connectivity index (χ0n) is 8.49. The Morgan fingerprint density at radius 1 is 1.64 bits per heavy atom. The van der Waals surface area contributed by atoms with Crippen LogP contribution in [0, 0.1) is 0 Å². The number of hydrogen-bond acceptors (Lipinski definition) is 4. The zero-order chi connectivity index (χ0) is 11.0. The molecular formula is C9H17NO3S. The number of nitrogens with one attached hydrogen (secondary N) is 1. The maximum atomic E-state index is 10.1. The number of thioether (sulfide) groups is 1. The first kappa shape index (κ1) is 13.5. The molecular weight excluding hydrogens is 202 g/mol. The molecule has 0 rings (SSSR count). The van der Waals surface area contributed by atoms with Crippen LogP contribution in [0.3, 0.4) is 0 Å². The van der Waals surface area contributed by atoms with E-state index in [-0.39, 0.29) is 0 Å². The summed E-state index contributed by atoms with van der Waals surface area (Å²) >= 11 is 1.58. The molecule has 0 fully saturated rings. The normalized spacial score (nSPS) is 15.6. The highest BCUT2D eigenvalue weighted by atomic mass is 32.2. The Balaban J connectivity index is 3.58. The van der Waals surface area contributed by atoms with E-state index in [1.54, 1.807) is 18.7 Å². The van der Waals surface area contributed by atoms with Crippen molar-refractivity contribution in [2.24, 2.45) is 0 Å². The van der Waals surface area contributed by atoms with Crippen LogP contribution < -0.4 is 5.32 Å². The SMILES string of the molecule is CSCC(C)(O)CNC/C=C/C(=O)O. The summed E-state index contributed by atoms with van der Waals surface area (Å²) < 4.78 is 0. The quantitative estimate of drug-likeness (QED) is 0.425. The first-order chi connectivity index (χ1) is 6.48. The van der Waals surface area contributed by atoms with Crippen LogP contribution in [-0.2, 0) is 4.79 Å². The molecule has 0 aliphatic heterocycles. The van der Waals surface area contributed by atoms with Crippen molar-refractivity contribution in [2.45, 2.75) is 12.5 Å². The van der Waals surface area contributed by atoms with Gasteiger partial charge in [-0.3, -0.25) is 0 Å². The Kier molecular flexibility index (Phi) is 6.61. The molecule has 3 N–H and O–H groups in total. The van der Waals surface area contributed by atoms with Crippen molar-refractivity contribution in [3.8, 4) is 0 Å². The van der Waals surface area contributed by atoms with Gasteiger partial charge in [0.2, 0.25) is 0 Å². The van der Waals surface area contributed by atoms with E-state index in [0.717, 1.165) is 6.08 Å². The van der Waals surface area contributed by atoms with E-state index in [4.69, 9.17) is 5.11 Å². The van der Waals surface area contributed by atoms with Crippen LogP contribution in [0.1, 0.15) is 6.92 Å². The van der Waals surface area contributed by atoms with Crippen molar-refractivity contribution in [2.75, 3.05) is 25.1 Å². The van der Waals surface area contributed by atoms with E-state index in [0.29, 0.717) is 18.8 Å². The molecule has 0 aliphatic rings. The molecule has 82 valence electrons. The molecule has 1 unspecified atom stereocenters. The summed E-state index contributed by atoms with van der Waals surface area (Å²) in [6, 6.07) is 0. The van der Waals surface area contributed by atoms with Gasteiger partial charge in [-0.05, 0) is 13.2 Å². The van der Waals surface area contributed by atoms with Gasteiger partial charge in [-0.25, -0.2) is 4.79 Å². The monoisotopic (exact) mass is 219 g/mol. The first-order valence-corrected chi connectivity index (χ1v) is 5.69. The predicted molar refractivity (Wildman–Crippen MR) is 58.7 cm³/mol. The molecule has 5 heteroatoms. The minimum atomic E-state index is -0.956. The van der Waals surface area contributed by atoms with Crippen molar-refractivity contribution in [1.82, 2.24) is 5.32 Å². The van der Waals surface area contributed by atoms with Gasteiger partial charge in [-0.2, -0.15) is 11.8 Å². The minimum Gasteiger partial charge on any atom is -0.478 e. The Hall–Kier alpha value is -0.520. The highest BCUT2D eigenvalue weighted by Gasteiger charge is 2.17. The number of hydrogen-bond donors (Lipinski definition) is 3. The molecule has 0 aliphatic carbocycles. The summed E-state index contributed by atoms with van der Waals surface area (Å²) in [5, 5.41) is 20.9. The largest absolute Gasteiger partial charge is 0.478 e. The molecule has 0 aromatic rings. The van der Waals surface area contributed by atoms with Crippen molar-refractivity contribution in [3.63, 3.8) is 0 Å². The average molecular weight is 219 g/mol. The number of carbonyl (C=O) groups is 1. The van der Waals surface area contributed by atoms with Gasteiger partial charge >= 0.3 is 5.97 Å². The Bertz CT molecular complexity index is 204. The molecule has 0 saturated heterocycles. The van der Waals surface area contributed by atoms with Crippen LogP contribution in [0.4, 0.5) is 0 Å². The molecule has 0 aromatic carbocycles. The fourth-order valence-corrected chi connectivity index (χ4v) is 1.67. The number of carboxylic acids is 1. The molecule has 0 spiro atoms. The summed E-state index contributed by atoms with van der Waals surface area (Å²) in [5.41, 5.74) is -0.740. The smallest absolute Gasteiger partial charge is 0.328 e. The van der Waals surface area contributed by atoms with Gasteiger partial charge in [-0.15, -0.1) is 0 Å². The summed E-state index contributed by atoms with van der Waals surface area (Å²) in [5.74, 6) is -0.300. The van der Waals surface area contributed by atoms with Crippen molar-refractivity contribution in [1.29, 1.82) is 0 Å². The third-order valence-corrected chi connectivity index (χ3v) is 2.39. The van der Waals surface area contributed by atoms with E-state index in [1.165, 1.54) is 6.08 Å². The zero-order valence-corrected chi connectivity index (χ0v) is 9.30. The predicted octanol–water partition coefficient (Wildman–Crippen LogP) is 0.331. The second kappa shape index (κ2) is 6.86. The van der Waals surface area contributed by atoms with E-state index < -0.39 is 11.6 Å². The lowest BCUT2D eigenvalue weighted by Gasteiger charge is -2.22. The maximum Gasteiger partial charge on any atom is 0.328 e. The highest BCUT2D eigenvalue weighted by molar-refractivity contribution is 7.98. The molecule has 14 heavy (non-hydrogen) atoms. The van der Waals surface area contributed by atoms with Crippen molar-refractivity contribution >= 4 is 17.7 Å². The topological polar surface area (TPSA) is 69.6 Å². The first-order valence-electron chi connectivity index (χ1n) is 4.29.